The number of ether oxygens (including phenoxy) is 2. The highest BCUT2D eigenvalue weighted by molar-refractivity contribution is 5.99. The summed E-state index contributed by atoms with van der Waals surface area (Å²) in [6.45, 7) is 1.42. The van der Waals surface area contributed by atoms with E-state index in [-0.39, 0.29) is 25.7 Å². The summed E-state index contributed by atoms with van der Waals surface area (Å²) in [6, 6.07) is 29.4. The SMILES string of the molecule is CN(C)c1ccccc1OC(=O)CN1Cc2ccc(OCCC(C(N)=O)N3CCc4ccccc43)cc2N=C1NC(=O)NCc1ccccc1. The van der Waals surface area contributed by atoms with Crippen LogP contribution in [0.5, 0.6) is 11.5 Å². The van der Waals surface area contributed by atoms with E-state index in [1.165, 1.54) is 5.56 Å². The molecule has 0 spiro atoms. The molecule has 12 heteroatoms. The summed E-state index contributed by atoms with van der Waals surface area (Å²) in [4.78, 5) is 49.0. The largest absolute Gasteiger partial charge is 0.493 e. The van der Waals surface area contributed by atoms with Gasteiger partial charge in [-0.1, -0.05) is 66.7 Å². The molecule has 0 aromatic heterocycles. The smallest absolute Gasteiger partial charge is 0.331 e. The van der Waals surface area contributed by atoms with Crippen molar-refractivity contribution in [3.8, 4) is 11.5 Å². The summed E-state index contributed by atoms with van der Waals surface area (Å²) in [5.41, 5.74) is 11.2. The summed E-state index contributed by atoms with van der Waals surface area (Å²) in [7, 11) is 3.75. The summed E-state index contributed by atoms with van der Waals surface area (Å²) < 4.78 is 11.8. The number of guanidine groups is 1. The first-order chi connectivity index (χ1) is 24.2. The highest BCUT2D eigenvalue weighted by Gasteiger charge is 2.30. The summed E-state index contributed by atoms with van der Waals surface area (Å²) in [5.74, 6) is 0.274. The van der Waals surface area contributed by atoms with Crippen LogP contribution in [-0.4, -0.2) is 68.6 Å². The molecule has 258 valence electrons. The molecule has 1 atom stereocenters. The Labute approximate surface area is 291 Å². The maximum absolute atomic E-state index is 13.2. The lowest BCUT2D eigenvalue weighted by atomic mass is 10.1. The monoisotopic (exact) mass is 675 g/mol. The Morgan fingerprint density at radius 3 is 2.50 bits per heavy atom. The normalized spacial score (nSPS) is 13.8. The van der Waals surface area contributed by atoms with Gasteiger partial charge in [-0.15, -0.1) is 0 Å². The van der Waals surface area contributed by atoms with Gasteiger partial charge < -0.3 is 35.2 Å². The molecule has 2 aliphatic rings. The fourth-order valence-corrected chi connectivity index (χ4v) is 6.15. The van der Waals surface area contributed by atoms with E-state index in [0.29, 0.717) is 30.2 Å². The quantitative estimate of drug-likeness (QED) is 0.149. The molecule has 1 unspecified atom stereocenters. The van der Waals surface area contributed by atoms with Crippen LogP contribution in [0.4, 0.5) is 21.9 Å². The van der Waals surface area contributed by atoms with Crippen molar-refractivity contribution in [2.24, 2.45) is 10.7 Å². The molecule has 3 amide bonds. The van der Waals surface area contributed by atoms with E-state index in [4.69, 9.17) is 20.2 Å². The number of aliphatic imine (C=N–C) groups is 1. The van der Waals surface area contributed by atoms with Crippen molar-refractivity contribution < 1.29 is 23.9 Å². The molecule has 2 aliphatic heterocycles. The van der Waals surface area contributed by atoms with E-state index in [1.54, 1.807) is 23.1 Å². The van der Waals surface area contributed by atoms with Crippen LogP contribution in [0.1, 0.15) is 23.1 Å². The first kappa shape index (κ1) is 33.8. The molecule has 0 radical (unpaired) electrons. The van der Waals surface area contributed by atoms with Crippen molar-refractivity contribution in [2.45, 2.75) is 32.0 Å². The third-order valence-corrected chi connectivity index (χ3v) is 8.64. The summed E-state index contributed by atoms with van der Waals surface area (Å²) in [6.07, 6.45) is 1.27. The van der Waals surface area contributed by atoms with Crippen LogP contribution >= 0.6 is 0 Å². The number of amides is 3. The average Bonchev–Trinajstić information content (AvgIpc) is 3.53. The highest BCUT2D eigenvalue weighted by atomic mass is 16.5. The predicted octanol–water partition coefficient (Wildman–Crippen LogP) is 4.35. The second-order valence-corrected chi connectivity index (χ2v) is 12.3. The Kier molecular flexibility index (Phi) is 10.5. The van der Waals surface area contributed by atoms with Gasteiger partial charge in [0.25, 0.3) is 0 Å². The van der Waals surface area contributed by atoms with E-state index >= 15 is 0 Å². The second kappa shape index (κ2) is 15.5. The Bertz CT molecular complexity index is 1880. The van der Waals surface area contributed by atoms with Gasteiger partial charge in [0.1, 0.15) is 18.3 Å². The predicted molar refractivity (Wildman–Crippen MR) is 193 cm³/mol. The first-order valence-electron chi connectivity index (χ1n) is 16.5. The van der Waals surface area contributed by atoms with E-state index in [1.807, 2.05) is 91.8 Å². The molecule has 4 N–H and O–H groups in total. The number of hydrogen-bond acceptors (Lipinski definition) is 9. The van der Waals surface area contributed by atoms with Crippen molar-refractivity contribution in [2.75, 3.05) is 43.6 Å². The van der Waals surface area contributed by atoms with Gasteiger partial charge in [-0.2, -0.15) is 0 Å². The van der Waals surface area contributed by atoms with E-state index in [9.17, 15) is 14.4 Å². The Hall–Kier alpha value is -6.04. The Balaban J connectivity index is 1.15. The molecule has 4 aromatic rings. The van der Waals surface area contributed by atoms with E-state index < -0.39 is 23.9 Å². The number of fused-ring (bicyclic) bond motifs is 2. The third-order valence-electron chi connectivity index (χ3n) is 8.64. The van der Waals surface area contributed by atoms with Crippen molar-refractivity contribution in [3.63, 3.8) is 0 Å². The molecule has 6 rings (SSSR count). The molecule has 2 heterocycles. The molecule has 0 fully saturated rings. The summed E-state index contributed by atoms with van der Waals surface area (Å²) >= 11 is 0. The van der Waals surface area contributed by atoms with E-state index in [0.717, 1.165) is 35.5 Å². The zero-order valence-electron chi connectivity index (χ0n) is 28.2. The van der Waals surface area contributed by atoms with Crippen LogP contribution in [0, 0.1) is 0 Å². The number of carbonyl (C=O) groups is 3. The third kappa shape index (κ3) is 8.15. The Morgan fingerprint density at radius 2 is 1.70 bits per heavy atom. The number of para-hydroxylation sites is 3. The molecular weight excluding hydrogens is 634 g/mol. The lowest BCUT2D eigenvalue weighted by Crippen LogP contribution is -2.50. The van der Waals surface area contributed by atoms with Crippen molar-refractivity contribution >= 4 is 40.9 Å². The molecule has 0 bridgehead atoms. The molecule has 0 aliphatic carbocycles. The molecule has 0 saturated heterocycles. The standard InChI is InChI=1S/C38H41N7O5/c1-43(2)32-14-8-9-15-34(32)50-35(46)25-44-24-28-16-17-29(22-30(28)41-37(44)42-38(48)40-23-26-10-4-3-5-11-26)49-21-19-33(36(39)47)45-20-18-27-12-6-7-13-31(27)45/h3-17,22,33H,18-21,23-25H2,1-2H3,(H2,39,47)(H2,40,41,42,48). The van der Waals surface area contributed by atoms with Crippen LogP contribution in [0.2, 0.25) is 0 Å². The van der Waals surface area contributed by atoms with Gasteiger partial charge in [0.05, 0.1) is 18.0 Å². The number of nitrogens with two attached hydrogens (primary N) is 1. The van der Waals surface area contributed by atoms with Crippen molar-refractivity contribution in [1.29, 1.82) is 0 Å². The van der Waals surface area contributed by atoms with E-state index in [2.05, 4.69) is 21.6 Å². The number of nitrogens with one attached hydrogen (secondary N) is 2. The number of anilines is 2. The number of nitrogens with zero attached hydrogens (tertiary/aromatic N) is 4. The highest BCUT2D eigenvalue weighted by Crippen LogP contribution is 2.32. The lowest BCUT2D eigenvalue weighted by Gasteiger charge is -2.30. The fourth-order valence-electron chi connectivity index (χ4n) is 6.15. The topological polar surface area (TPSA) is 142 Å². The van der Waals surface area contributed by atoms with Gasteiger partial charge in [0.2, 0.25) is 11.9 Å². The second-order valence-electron chi connectivity index (χ2n) is 12.3. The van der Waals surface area contributed by atoms with Crippen LogP contribution in [-0.2, 0) is 29.1 Å². The van der Waals surface area contributed by atoms with Gasteiger partial charge >= 0.3 is 12.0 Å². The number of carbonyl (C=O) groups excluding carboxylic acids is 3. The zero-order valence-corrected chi connectivity index (χ0v) is 28.2. The van der Waals surface area contributed by atoms with Crippen molar-refractivity contribution in [3.05, 3.63) is 114 Å². The Morgan fingerprint density at radius 1 is 0.940 bits per heavy atom. The lowest BCUT2D eigenvalue weighted by molar-refractivity contribution is -0.134. The minimum absolute atomic E-state index is 0.161. The fraction of sp³-hybridized carbons (Fsp3) is 0.263. The van der Waals surface area contributed by atoms with Crippen molar-refractivity contribution in [1.82, 2.24) is 15.5 Å². The van der Waals surface area contributed by atoms with Crippen LogP contribution in [0.3, 0.4) is 0 Å². The number of hydrogen-bond donors (Lipinski definition) is 3. The molecule has 4 aromatic carbocycles. The number of urea groups is 1. The zero-order chi connectivity index (χ0) is 35.0. The van der Waals surface area contributed by atoms with Crippen LogP contribution in [0.25, 0.3) is 0 Å². The number of primary amides is 1. The molecule has 12 nitrogen and oxygen atoms in total. The molecule has 50 heavy (non-hydrogen) atoms. The number of esters is 1. The maximum Gasteiger partial charge on any atom is 0.331 e. The average molecular weight is 676 g/mol. The van der Waals surface area contributed by atoms with Gasteiger partial charge in [0.15, 0.2) is 5.75 Å². The van der Waals surface area contributed by atoms with Gasteiger partial charge in [-0.3, -0.25) is 10.1 Å². The van der Waals surface area contributed by atoms with Crippen LogP contribution in [0.15, 0.2) is 102 Å². The number of rotatable bonds is 12. The first-order valence-corrected chi connectivity index (χ1v) is 16.5. The van der Waals surface area contributed by atoms with Crippen LogP contribution < -0.4 is 35.6 Å². The summed E-state index contributed by atoms with van der Waals surface area (Å²) in [5, 5.41) is 5.67. The van der Waals surface area contributed by atoms with Gasteiger partial charge in [-0.25, -0.2) is 14.6 Å². The number of benzene rings is 4. The minimum atomic E-state index is -0.508. The minimum Gasteiger partial charge on any atom is -0.493 e. The maximum atomic E-state index is 13.2. The molecular formula is C38H41N7O5. The van der Waals surface area contributed by atoms with Gasteiger partial charge in [0, 0.05) is 51.9 Å². The van der Waals surface area contributed by atoms with Gasteiger partial charge in [-0.05, 0) is 47.4 Å². The molecule has 0 saturated carbocycles.